The number of para-hydroxylation sites is 2. The van der Waals surface area contributed by atoms with Gasteiger partial charge in [-0.25, -0.2) is 0 Å². The number of amides is 1. The number of aliphatic imine (C=N–C) groups is 1. The maximum Gasteiger partial charge on any atom is 0.257 e. The third-order valence-corrected chi connectivity index (χ3v) is 4.25. The maximum atomic E-state index is 12.5. The van der Waals surface area contributed by atoms with Crippen LogP contribution in [0.15, 0.2) is 71.0 Å². The van der Waals surface area contributed by atoms with Crippen LogP contribution in [0.2, 0.25) is 0 Å². The molecule has 0 saturated carbocycles. The zero-order valence-corrected chi connectivity index (χ0v) is 13.5. The summed E-state index contributed by atoms with van der Waals surface area (Å²) >= 11 is 1.64. The van der Waals surface area contributed by atoms with Crippen LogP contribution in [0.1, 0.15) is 20.8 Å². The van der Waals surface area contributed by atoms with Crippen LogP contribution in [0.4, 0.5) is 11.4 Å². The first kappa shape index (κ1) is 15.2. The van der Waals surface area contributed by atoms with Crippen LogP contribution < -0.4 is 5.32 Å². The van der Waals surface area contributed by atoms with Gasteiger partial charge in [0.1, 0.15) is 0 Å². The first-order chi connectivity index (χ1) is 11.2. The van der Waals surface area contributed by atoms with Crippen molar-refractivity contribution in [3.63, 3.8) is 0 Å². The minimum Gasteiger partial charge on any atom is -0.322 e. The number of benzene rings is 2. The molecule has 3 rings (SSSR count). The van der Waals surface area contributed by atoms with E-state index < -0.39 is 0 Å². The Morgan fingerprint density at radius 3 is 2.57 bits per heavy atom. The van der Waals surface area contributed by atoms with E-state index in [2.05, 4.69) is 28.7 Å². The van der Waals surface area contributed by atoms with E-state index in [0.29, 0.717) is 11.3 Å². The van der Waals surface area contributed by atoms with Crippen LogP contribution in [-0.4, -0.2) is 12.1 Å². The molecule has 1 heterocycles. The van der Waals surface area contributed by atoms with Crippen LogP contribution in [0.3, 0.4) is 0 Å². The molecule has 0 bridgehead atoms. The molecule has 23 heavy (non-hydrogen) atoms. The van der Waals surface area contributed by atoms with E-state index in [9.17, 15) is 4.79 Å². The summed E-state index contributed by atoms with van der Waals surface area (Å²) in [5.74, 6) is -0.161. The lowest BCUT2D eigenvalue weighted by molar-refractivity contribution is 0.102. The number of nitrogens with zero attached hydrogens (tertiary/aromatic N) is 1. The van der Waals surface area contributed by atoms with Gasteiger partial charge in [0.25, 0.3) is 5.91 Å². The molecule has 1 amide bonds. The fourth-order valence-corrected chi connectivity index (χ4v) is 2.91. The van der Waals surface area contributed by atoms with Gasteiger partial charge in [-0.1, -0.05) is 30.3 Å². The summed E-state index contributed by atoms with van der Waals surface area (Å²) in [6.07, 6.45) is 1.80. The Morgan fingerprint density at radius 1 is 1.09 bits per heavy atom. The van der Waals surface area contributed by atoms with E-state index in [0.717, 1.165) is 10.6 Å². The summed E-state index contributed by atoms with van der Waals surface area (Å²) in [6.45, 7) is 2.05. The quantitative estimate of drug-likeness (QED) is 0.671. The molecule has 0 aliphatic carbocycles. The van der Waals surface area contributed by atoms with Crippen molar-refractivity contribution in [2.24, 2.45) is 4.99 Å². The van der Waals surface area contributed by atoms with Crippen LogP contribution in [0.25, 0.3) is 0 Å². The third-order valence-electron chi connectivity index (χ3n) is 3.26. The lowest BCUT2D eigenvalue weighted by Gasteiger charge is -2.07. The minimum absolute atomic E-state index is 0.161. The van der Waals surface area contributed by atoms with E-state index in [-0.39, 0.29) is 5.91 Å². The van der Waals surface area contributed by atoms with E-state index in [4.69, 9.17) is 0 Å². The first-order valence-electron chi connectivity index (χ1n) is 7.27. The summed E-state index contributed by atoms with van der Waals surface area (Å²) in [7, 11) is 0. The van der Waals surface area contributed by atoms with Gasteiger partial charge in [-0.2, -0.15) is 0 Å². The Kier molecular flexibility index (Phi) is 4.64. The zero-order chi connectivity index (χ0) is 16.1. The average Bonchev–Trinajstić information content (AvgIpc) is 2.99. The number of hydrogen-bond donors (Lipinski definition) is 1. The summed E-state index contributed by atoms with van der Waals surface area (Å²) in [5, 5.41) is 4.97. The third kappa shape index (κ3) is 3.93. The smallest absolute Gasteiger partial charge is 0.257 e. The molecule has 114 valence electrons. The molecule has 0 unspecified atom stereocenters. The van der Waals surface area contributed by atoms with E-state index in [1.165, 1.54) is 5.56 Å². The SMILES string of the molecule is Cc1csc(C=Nc2ccccc2C(=O)Nc2ccccc2)c1. The number of nitrogens with one attached hydrogen (secondary N) is 1. The fourth-order valence-electron chi connectivity index (χ4n) is 2.15. The molecule has 0 atom stereocenters. The largest absolute Gasteiger partial charge is 0.322 e. The van der Waals surface area contributed by atoms with Gasteiger partial charge in [-0.15, -0.1) is 11.3 Å². The Morgan fingerprint density at radius 2 is 1.83 bits per heavy atom. The Bertz CT molecular complexity index is 837. The number of carbonyl (C=O) groups is 1. The second-order valence-corrected chi connectivity index (χ2v) is 6.06. The topological polar surface area (TPSA) is 41.5 Å². The second kappa shape index (κ2) is 7.03. The zero-order valence-electron chi connectivity index (χ0n) is 12.7. The summed E-state index contributed by atoms with van der Waals surface area (Å²) in [5.41, 5.74) is 3.20. The molecule has 3 nitrogen and oxygen atoms in total. The van der Waals surface area contributed by atoms with Gasteiger partial charge in [-0.05, 0) is 48.2 Å². The normalized spacial score (nSPS) is 10.8. The molecule has 3 aromatic rings. The van der Waals surface area contributed by atoms with Crippen LogP contribution in [-0.2, 0) is 0 Å². The van der Waals surface area contributed by atoms with Crippen molar-refractivity contribution in [2.75, 3.05) is 5.32 Å². The van der Waals surface area contributed by atoms with Crippen molar-refractivity contribution in [1.82, 2.24) is 0 Å². The van der Waals surface area contributed by atoms with Crippen LogP contribution in [0, 0.1) is 6.92 Å². The monoisotopic (exact) mass is 320 g/mol. The molecule has 0 fully saturated rings. The Labute approximate surface area is 139 Å². The highest BCUT2D eigenvalue weighted by Crippen LogP contribution is 2.21. The number of hydrogen-bond acceptors (Lipinski definition) is 3. The van der Waals surface area contributed by atoms with Crippen molar-refractivity contribution >= 4 is 34.8 Å². The molecule has 0 saturated heterocycles. The molecule has 1 N–H and O–H groups in total. The molecular formula is C19H16N2OS. The van der Waals surface area contributed by atoms with Gasteiger partial charge in [-0.3, -0.25) is 9.79 Å². The lowest BCUT2D eigenvalue weighted by Crippen LogP contribution is -2.11. The van der Waals surface area contributed by atoms with Crippen LogP contribution in [0.5, 0.6) is 0 Å². The number of carbonyl (C=O) groups excluding carboxylic acids is 1. The molecular weight excluding hydrogens is 304 g/mol. The van der Waals surface area contributed by atoms with Gasteiger partial charge in [0, 0.05) is 16.8 Å². The van der Waals surface area contributed by atoms with Gasteiger partial charge in [0.15, 0.2) is 0 Å². The maximum absolute atomic E-state index is 12.5. The average molecular weight is 320 g/mol. The highest BCUT2D eigenvalue weighted by molar-refractivity contribution is 7.11. The summed E-state index contributed by atoms with van der Waals surface area (Å²) in [4.78, 5) is 18.0. The molecule has 0 spiro atoms. The highest BCUT2D eigenvalue weighted by Gasteiger charge is 2.10. The second-order valence-electron chi connectivity index (χ2n) is 5.12. The van der Waals surface area contributed by atoms with Gasteiger partial charge >= 0.3 is 0 Å². The standard InChI is InChI=1S/C19H16N2OS/c1-14-11-16(23-13-14)12-20-18-10-6-5-9-17(18)19(22)21-15-7-3-2-4-8-15/h2-13H,1H3,(H,21,22). The molecule has 0 radical (unpaired) electrons. The first-order valence-corrected chi connectivity index (χ1v) is 8.15. The Hall–Kier alpha value is -2.72. The Balaban J connectivity index is 1.82. The minimum atomic E-state index is -0.161. The van der Waals surface area contributed by atoms with E-state index in [1.54, 1.807) is 23.6 Å². The van der Waals surface area contributed by atoms with E-state index >= 15 is 0 Å². The van der Waals surface area contributed by atoms with Gasteiger partial charge < -0.3 is 5.32 Å². The summed E-state index contributed by atoms with van der Waals surface area (Å²) in [6, 6.07) is 18.8. The van der Waals surface area contributed by atoms with Crippen molar-refractivity contribution < 1.29 is 4.79 Å². The molecule has 2 aromatic carbocycles. The predicted octanol–water partition coefficient (Wildman–Crippen LogP) is 5.06. The van der Waals surface area contributed by atoms with Gasteiger partial charge in [0.05, 0.1) is 11.3 Å². The number of rotatable bonds is 4. The lowest BCUT2D eigenvalue weighted by atomic mass is 10.1. The van der Waals surface area contributed by atoms with Crippen molar-refractivity contribution in [3.05, 3.63) is 82.0 Å². The van der Waals surface area contributed by atoms with Gasteiger partial charge in [0.2, 0.25) is 0 Å². The highest BCUT2D eigenvalue weighted by atomic mass is 32.1. The number of anilines is 1. The molecule has 1 aromatic heterocycles. The van der Waals surface area contributed by atoms with Crippen molar-refractivity contribution in [3.8, 4) is 0 Å². The fraction of sp³-hybridized carbons (Fsp3) is 0.0526. The predicted molar refractivity (Wildman–Crippen MR) is 97.1 cm³/mol. The summed E-state index contributed by atoms with van der Waals surface area (Å²) < 4.78 is 0. The number of aryl methyl sites for hydroxylation is 1. The number of thiophene rings is 1. The molecule has 0 aliphatic rings. The molecule has 4 heteroatoms. The van der Waals surface area contributed by atoms with Crippen molar-refractivity contribution in [2.45, 2.75) is 6.92 Å². The van der Waals surface area contributed by atoms with E-state index in [1.807, 2.05) is 48.5 Å². The van der Waals surface area contributed by atoms with Crippen LogP contribution >= 0.6 is 11.3 Å². The van der Waals surface area contributed by atoms with Crippen molar-refractivity contribution in [1.29, 1.82) is 0 Å². The molecule has 0 aliphatic heterocycles.